The van der Waals surface area contributed by atoms with Crippen LogP contribution in [0.25, 0.3) is 10.9 Å². The highest BCUT2D eigenvalue weighted by molar-refractivity contribution is 5.95. The molecule has 0 radical (unpaired) electrons. The van der Waals surface area contributed by atoms with Gasteiger partial charge in [-0.05, 0) is 60.4 Å². The average Bonchev–Trinajstić information content (AvgIpc) is 3.35. The number of aromatic nitrogens is 1. The number of aromatic amines is 1. The Labute approximate surface area is 251 Å². The molecular weight excluding hydrogens is 550 g/mol. The number of phenolic OH excluding ortho intramolecular Hbond substituents is 1. The maximum atomic E-state index is 13.6. The Kier molecular flexibility index (Phi) is 11.7. The van der Waals surface area contributed by atoms with Gasteiger partial charge in [0.15, 0.2) is 0 Å². The second kappa shape index (κ2) is 15.2. The molecule has 4 unspecified atom stereocenters. The third-order valence-electron chi connectivity index (χ3n) is 7.12. The van der Waals surface area contributed by atoms with Gasteiger partial charge in [0.05, 0.1) is 6.04 Å². The number of rotatable bonds is 15. The highest BCUT2D eigenvalue weighted by Crippen LogP contribution is 2.20. The molecule has 0 spiro atoms. The number of nitrogens with two attached hydrogens (primary N) is 1. The van der Waals surface area contributed by atoms with E-state index in [0.29, 0.717) is 0 Å². The summed E-state index contributed by atoms with van der Waals surface area (Å²) in [5.74, 6) is -2.77. The van der Waals surface area contributed by atoms with Gasteiger partial charge in [0.1, 0.15) is 23.9 Å². The first-order valence-electron chi connectivity index (χ1n) is 14.6. The van der Waals surface area contributed by atoms with Crippen molar-refractivity contribution in [1.29, 1.82) is 0 Å². The fourth-order valence-corrected chi connectivity index (χ4v) is 4.93. The first-order valence-corrected chi connectivity index (χ1v) is 14.6. The van der Waals surface area contributed by atoms with Gasteiger partial charge in [0, 0.05) is 23.5 Å². The smallest absolute Gasteiger partial charge is 0.326 e. The number of aliphatic carboxylic acids is 1. The number of fused-ring (bicyclic) bond motifs is 1. The Balaban J connectivity index is 1.81. The van der Waals surface area contributed by atoms with Gasteiger partial charge in [-0.3, -0.25) is 14.4 Å². The Bertz CT molecular complexity index is 1400. The van der Waals surface area contributed by atoms with Crippen molar-refractivity contribution in [2.24, 2.45) is 17.6 Å². The van der Waals surface area contributed by atoms with E-state index in [1.54, 1.807) is 18.3 Å². The Morgan fingerprint density at radius 1 is 0.767 bits per heavy atom. The van der Waals surface area contributed by atoms with Crippen molar-refractivity contribution in [1.82, 2.24) is 20.9 Å². The average molecular weight is 594 g/mol. The van der Waals surface area contributed by atoms with E-state index < -0.39 is 47.9 Å². The van der Waals surface area contributed by atoms with Gasteiger partial charge in [0.25, 0.3) is 0 Å². The summed E-state index contributed by atoms with van der Waals surface area (Å²) in [6.07, 6.45) is 2.56. The summed E-state index contributed by atoms with van der Waals surface area (Å²) in [6, 6.07) is 9.70. The monoisotopic (exact) mass is 593 g/mol. The van der Waals surface area contributed by atoms with Gasteiger partial charge in [-0.2, -0.15) is 0 Å². The molecule has 0 aliphatic rings. The van der Waals surface area contributed by atoms with E-state index in [0.717, 1.165) is 22.0 Å². The van der Waals surface area contributed by atoms with Gasteiger partial charge in [-0.25, -0.2) is 4.79 Å². The number of nitrogens with one attached hydrogen (secondary N) is 4. The van der Waals surface area contributed by atoms with Crippen LogP contribution in [0.5, 0.6) is 5.75 Å². The number of carboxylic acids is 1. The molecule has 11 nitrogen and oxygen atoms in total. The van der Waals surface area contributed by atoms with Crippen LogP contribution in [0.15, 0.2) is 54.7 Å². The van der Waals surface area contributed by atoms with E-state index in [2.05, 4.69) is 20.9 Å². The molecule has 0 aliphatic carbocycles. The highest BCUT2D eigenvalue weighted by Gasteiger charge is 2.31. The van der Waals surface area contributed by atoms with Crippen LogP contribution in [-0.4, -0.2) is 63.1 Å². The Morgan fingerprint density at radius 3 is 1.95 bits per heavy atom. The Morgan fingerprint density at radius 2 is 1.33 bits per heavy atom. The van der Waals surface area contributed by atoms with Crippen molar-refractivity contribution in [2.75, 3.05) is 0 Å². The number of carbonyl (C=O) groups is 4. The fourth-order valence-electron chi connectivity index (χ4n) is 4.93. The normalized spacial score (nSPS) is 14.2. The van der Waals surface area contributed by atoms with Crippen molar-refractivity contribution in [3.05, 3.63) is 65.9 Å². The lowest BCUT2D eigenvalue weighted by Gasteiger charge is -2.26. The van der Waals surface area contributed by atoms with Crippen molar-refractivity contribution < 1.29 is 29.4 Å². The molecule has 8 N–H and O–H groups in total. The molecule has 0 saturated heterocycles. The fraction of sp³-hybridized carbons (Fsp3) is 0.438. The summed E-state index contributed by atoms with van der Waals surface area (Å²) >= 11 is 0. The minimum absolute atomic E-state index is 0.0134. The van der Waals surface area contributed by atoms with Crippen LogP contribution in [0.2, 0.25) is 0 Å². The summed E-state index contributed by atoms with van der Waals surface area (Å²) in [5, 5.41) is 28.2. The molecule has 0 aliphatic heterocycles. The van der Waals surface area contributed by atoms with Crippen LogP contribution in [0, 0.1) is 11.8 Å². The minimum atomic E-state index is -1.16. The molecule has 4 atom stereocenters. The zero-order valence-corrected chi connectivity index (χ0v) is 25.1. The molecule has 11 heteroatoms. The number of hydrogen-bond donors (Lipinski definition) is 7. The summed E-state index contributed by atoms with van der Waals surface area (Å²) in [6.45, 7) is 7.53. The number of H-pyrrole nitrogens is 1. The maximum absolute atomic E-state index is 13.6. The minimum Gasteiger partial charge on any atom is -0.508 e. The number of carbonyl (C=O) groups excluding carboxylic acids is 3. The number of phenols is 1. The predicted molar refractivity (Wildman–Crippen MR) is 164 cm³/mol. The molecule has 3 amide bonds. The molecule has 0 saturated carbocycles. The number of benzene rings is 2. The standard InChI is InChI=1S/C32H43N5O6/c1-18(2)13-26(35-29(39)24(33)15-20-9-11-22(38)12-10-20)30(40)36-27(31(41)37-28(32(42)43)14-19(3)4)16-21-17-34-25-8-6-5-7-23(21)25/h5-12,17-19,24,26-28,34,38H,13-16,33H2,1-4H3,(H,35,39)(H,36,40)(H,37,41)(H,42,43). The lowest BCUT2D eigenvalue weighted by molar-refractivity contribution is -0.142. The molecular formula is C32H43N5O6. The second-order valence-corrected chi connectivity index (χ2v) is 11.8. The SMILES string of the molecule is CC(C)CC(NC(=O)C(Cc1c[nH]c2ccccc12)NC(=O)C(CC(C)C)NC(=O)C(N)Cc1ccc(O)cc1)C(=O)O. The van der Waals surface area contributed by atoms with Gasteiger partial charge in [-0.15, -0.1) is 0 Å². The number of aromatic hydroxyl groups is 1. The van der Waals surface area contributed by atoms with Crippen molar-refractivity contribution >= 4 is 34.6 Å². The van der Waals surface area contributed by atoms with Crippen LogP contribution in [0.4, 0.5) is 0 Å². The molecule has 0 bridgehead atoms. The van der Waals surface area contributed by atoms with E-state index in [4.69, 9.17) is 5.73 Å². The van der Waals surface area contributed by atoms with E-state index in [1.807, 2.05) is 52.0 Å². The Hall–Kier alpha value is -4.38. The number of hydrogen-bond acceptors (Lipinski definition) is 6. The van der Waals surface area contributed by atoms with Crippen molar-refractivity contribution in [2.45, 2.75) is 77.5 Å². The number of para-hydroxylation sites is 1. The zero-order valence-electron chi connectivity index (χ0n) is 25.1. The van der Waals surface area contributed by atoms with E-state index in [9.17, 15) is 29.4 Å². The van der Waals surface area contributed by atoms with E-state index >= 15 is 0 Å². The molecule has 43 heavy (non-hydrogen) atoms. The molecule has 0 fully saturated rings. The molecule has 1 heterocycles. The van der Waals surface area contributed by atoms with Gasteiger partial charge in [-0.1, -0.05) is 58.0 Å². The third kappa shape index (κ3) is 9.85. The first-order chi connectivity index (χ1) is 20.3. The summed E-state index contributed by atoms with van der Waals surface area (Å²) in [4.78, 5) is 55.2. The number of carboxylic acid groups (broad SMARTS) is 1. The topological polar surface area (TPSA) is 187 Å². The van der Waals surface area contributed by atoms with Crippen LogP contribution in [0.1, 0.15) is 51.7 Å². The lowest BCUT2D eigenvalue weighted by Crippen LogP contribution is -2.58. The van der Waals surface area contributed by atoms with Gasteiger partial charge >= 0.3 is 5.97 Å². The van der Waals surface area contributed by atoms with Crippen LogP contribution >= 0.6 is 0 Å². The van der Waals surface area contributed by atoms with Crippen LogP contribution in [-0.2, 0) is 32.0 Å². The summed E-state index contributed by atoms with van der Waals surface area (Å²) in [7, 11) is 0. The lowest BCUT2D eigenvalue weighted by atomic mass is 9.99. The third-order valence-corrected chi connectivity index (χ3v) is 7.12. The van der Waals surface area contributed by atoms with Gasteiger partial charge < -0.3 is 36.9 Å². The molecule has 1 aromatic heterocycles. The molecule has 232 valence electrons. The summed E-state index contributed by atoms with van der Waals surface area (Å²) < 4.78 is 0. The maximum Gasteiger partial charge on any atom is 0.326 e. The van der Waals surface area contributed by atoms with Crippen LogP contribution in [0.3, 0.4) is 0 Å². The molecule has 2 aromatic carbocycles. The predicted octanol–water partition coefficient (Wildman–Crippen LogP) is 2.62. The van der Waals surface area contributed by atoms with Crippen molar-refractivity contribution in [3.63, 3.8) is 0 Å². The summed E-state index contributed by atoms with van der Waals surface area (Å²) in [5.41, 5.74) is 8.53. The van der Waals surface area contributed by atoms with Crippen LogP contribution < -0.4 is 21.7 Å². The molecule has 3 aromatic rings. The van der Waals surface area contributed by atoms with Crippen molar-refractivity contribution in [3.8, 4) is 5.75 Å². The first kappa shape index (κ1) is 33.1. The van der Waals surface area contributed by atoms with E-state index in [-0.39, 0.29) is 43.3 Å². The highest BCUT2D eigenvalue weighted by atomic mass is 16.4. The second-order valence-electron chi connectivity index (χ2n) is 11.8. The van der Waals surface area contributed by atoms with Gasteiger partial charge in [0.2, 0.25) is 17.7 Å². The zero-order chi connectivity index (χ0) is 31.7. The number of amides is 3. The molecule has 3 rings (SSSR count). The largest absolute Gasteiger partial charge is 0.508 e. The van der Waals surface area contributed by atoms with E-state index in [1.165, 1.54) is 12.1 Å². The quantitative estimate of drug-likeness (QED) is 0.141.